The third-order valence-electron chi connectivity index (χ3n) is 5.46. The maximum atomic E-state index is 13.9. The number of hydrogen-bond donors (Lipinski definition) is 1. The zero-order chi connectivity index (χ0) is 24.2. The molecule has 3 rings (SSSR count). The molecule has 0 aliphatic rings. The number of anilines is 1. The molecule has 0 aliphatic heterocycles. The van der Waals surface area contributed by atoms with E-state index in [-0.39, 0.29) is 16.9 Å². The Morgan fingerprint density at radius 3 is 2.30 bits per heavy atom. The van der Waals surface area contributed by atoms with Crippen LogP contribution in [0, 0.1) is 5.82 Å². The van der Waals surface area contributed by atoms with E-state index in [0.717, 1.165) is 17.3 Å². The first-order valence-corrected chi connectivity index (χ1v) is 11.5. The predicted molar refractivity (Wildman–Crippen MR) is 134 cm³/mol. The van der Waals surface area contributed by atoms with Crippen LogP contribution in [0.2, 0.25) is 10.0 Å². The van der Waals surface area contributed by atoms with Crippen molar-refractivity contribution in [3.63, 3.8) is 0 Å². The molecule has 0 fully saturated rings. The fraction of sp³-hybridized carbons (Fsp3) is 0.308. The molecule has 4 nitrogen and oxygen atoms in total. The highest BCUT2D eigenvalue weighted by molar-refractivity contribution is 6.42. The third kappa shape index (κ3) is 6.46. The van der Waals surface area contributed by atoms with Crippen LogP contribution in [0.1, 0.15) is 47.8 Å². The number of carbonyl (C=O) groups excluding carboxylic acids is 1. The molecular formula is C26H28Cl2FN3O. The van der Waals surface area contributed by atoms with Crippen molar-refractivity contribution in [2.24, 2.45) is 0 Å². The van der Waals surface area contributed by atoms with E-state index in [9.17, 15) is 9.18 Å². The van der Waals surface area contributed by atoms with Crippen molar-refractivity contribution in [1.82, 2.24) is 9.88 Å². The summed E-state index contributed by atoms with van der Waals surface area (Å²) in [7, 11) is 1.66. The summed E-state index contributed by atoms with van der Waals surface area (Å²) in [5, 5.41) is 3.83. The van der Waals surface area contributed by atoms with Gasteiger partial charge >= 0.3 is 0 Å². The molecule has 1 amide bonds. The zero-order valence-corrected chi connectivity index (χ0v) is 20.8. The second-order valence-electron chi connectivity index (χ2n) is 8.97. The number of benzene rings is 2. The van der Waals surface area contributed by atoms with Gasteiger partial charge in [0, 0.05) is 20.1 Å². The lowest BCUT2D eigenvalue weighted by Crippen LogP contribution is -2.33. The van der Waals surface area contributed by atoms with Gasteiger partial charge in [-0.05, 0) is 46.7 Å². The third-order valence-corrected chi connectivity index (χ3v) is 6.20. The van der Waals surface area contributed by atoms with Gasteiger partial charge in [0.15, 0.2) is 0 Å². The largest absolute Gasteiger partial charge is 0.372 e. The minimum Gasteiger partial charge on any atom is -0.372 e. The highest BCUT2D eigenvalue weighted by atomic mass is 35.5. The van der Waals surface area contributed by atoms with Gasteiger partial charge in [-0.25, -0.2) is 9.37 Å². The van der Waals surface area contributed by atoms with Crippen molar-refractivity contribution in [3.8, 4) is 0 Å². The number of nitrogens with one attached hydrogen (secondary N) is 1. The maximum absolute atomic E-state index is 13.9. The molecule has 1 heterocycles. The molecule has 0 unspecified atom stereocenters. The molecule has 1 aromatic heterocycles. The number of halogens is 3. The lowest BCUT2D eigenvalue weighted by atomic mass is 9.87. The van der Waals surface area contributed by atoms with Crippen molar-refractivity contribution in [2.75, 3.05) is 18.9 Å². The van der Waals surface area contributed by atoms with Gasteiger partial charge in [-0.15, -0.1) is 0 Å². The van der Waals surface area contributed by atoms with Crippen molar-refractivity contribution in [2.45, 2.75) is 39.2 Å². The molecule has 0 radical (unpaired) electrons. The van der Waals surface area contributed by atoms with Crippen LogP contribution in [-0.2, 0) is 18.4 Å². The van der Waals surface area contributed by atoms with E-state index >= 15 is 0 Å². The fourth-order valence-corrected chi connectivity index (χ4v) is 3.83. The first-order valence-electron chi connectivity index (χ1n) is 10.7. The molecule has 7 heteroatoms. The minimum atomic E-state index is -0.559. The van der Waals surface area contributed by atoms with E-state index in [1.165, 1.54) is 11.6 Å². The van der Waals surface area contributed by atoms with E-state index in [0.29, 0.717) is 35.4 Å². The molecule has 1 N–H and O–H groups in total. The van der Waals surface area contributed by atoms with Crippen molar-refractivity contribution in [3.05, 3.63) is 92.8 Å². The summed E-state index contributed by atoms with van der Waals surface area (Å²) < 4.78 is 13.9. The van der Waals surface area contributed by atoms with Crippen LogP contribution in [0.4, 0.5) is 10.2 Å². The molecule has 0 atom stereocenters. The Balaban J connectivity index is 1.89. The van der Waals surface area contributed by atoms with Gasteiger partial charge < -0.3 is 10.2 Å². The Hall–Kier alpha value is -2.63. The molecule has 174 valence electrons. The molecule has 33 heavy (non-hydrogen) atoms. The van der Waals surface area contributed by atoms with Gasteiger partial charge in [0.1, 0.15) is 11.6 Å². The van der Waals surface area contributed by atoms with Gasteiger partial charge in [0.05, 0.1) is 21.8 Å². The number of pyridine rings is 1. The Kier molecular flexibility index (Phi) is 7.98. The van der Waals surface area contributed by atoms with Gasteiger partial charge in [-0.3, -0.25) is 4.79 Å². The van der Waals surface area contributed by atoms with Crippen molar-refractivity contribution >= 4 is 34.9 Å². The monoisotopic (exact) mass is 487 g/mol. The molecule has 2 aromatic carbocycles. The molecule has 0 saturated carbocycles. The van der Waals surface area contributed by atoms with Crippen LogP contribution >= 0.6 is 23.2 Å². The molecule has 3 aromatic rings. The van der Waals surface area contributed by atoms with E-state index in [4.69, 9.17) is 23.2 Å². The fourth-order valence-electron chi connectivity index (χ4n) is 3.51. The normalized spacial score (nSPS) is 11.4. The van der Waals surface area contributed by atoms with Gasteiger partial charge in [0.25, 0.3) is 5.91 Å². The van der Waals surface area contributed by atoms with Crippen molar-refractivity contribution < 1.29 is 9.18 Å². The smallest absolute Gasteiger partial charge is 0.258 e. The van der Waals surface area contributed by atoms with Gasteiger partial charge in [-0.1, -0.05) is 74.3 Å². The van der Waals surface area contributed by atoms with Gasteiger partial charge in [0.2, 0.25) is 0 Å². The second kappa shape index (κ2) is 10.5. The summed E-state index contributed by atoms with van der Waals surface area (Å²) in [4.78, 5) is 19.2. The van der Waals surface area contributed by atoms with E-state index in [2.05, 4.69) is 43.2 Å². The second-order valence-corrected chi connectivity index (χ2v) is 9.79. The summed E-state index contributed by atoms with van der Waals surface area (Å²) in [5.41, 5.74) is 3.39. The topological polar surface area (TPSA) is 45.2 Å². The minimum absolute atomic E-state index is 0.0385. The van der Waals surface area contributed by atoms with Crippen LogP contribution in [0.25, 0.3) is 0 Å². The summed E-state index contributed by atoms with van der Waals surface area (Å²) in [5.74, 6) is -0.522. The average molecular weight is 488 g/mol. The molecule has 0 bridgehead atoms. The number of hydrogen-bond acceptors (Lipinski definition) is 3. The van der Waals surface area contributed by atoms with Crippen LogP contribution in [0.15, 0.2) is 54.7 Å². The average Bonchev–Trinajstić information content (AvgIpc) is 2.78. The Morgan fingerprint density at radius 1 is 1.03 bits per heavy atom. The first-order chi connectivity index (χ1) is 15.6. The summed E-state index contributed by atoms with van der Waals surface area (Å²) >= 11 is 12.2. The lowest BCUT2D eigenvalue weighted by Gasteiger charge is -2.25. The Labute approximate surface area is 204 Å². The maximum Gasteiger partial charge on any atom is 0.258 e. The highest BCUT2D eigenvalue weighted by Gasteiger charge is 2.21. The zero-order valence-electron chi connectivity index (χ0n) is 19.3. The first kappa shape index (κ1) is 25.0. The van der Waals surface area contributed by atoms with Crippen LogP contribution in [0.3, 0.4) is 0 Å². The summed E-state index contributed by atoms with van der Waals surface area (Å²) in [6.45, 7) is 7.27. The van der Waals surface area contributed by atoms with E-state index < -0.39 is 5.82 Å². The van der Waals surface area contributed by atoms with E-state index in [1.54, 1.807) is 24.1 Å². The number of rotatable bonds is 7. The number of amides is 1. The molecule has 0 aliphatic carbocycles. The molecule has 0 spiro atoms. The lowest BCUT2D eigenvalue weighted by molar-refractivity contribution is 0.0745. The van der Waals surface area contributed by atoms with Crippen molar-refractivity contribution in [1.29, 1.82) is 0 Å². The van der Waals surface area contributed by atoms with Gasteiger partial charge in [-0.2, -0.15) is 0 Å². The quantitative estimate of drug-likeness (QED) is 0.400. The molecule has 0 saturated heterocycles. The van der Waals surface area contributed by atoms with Crippen LogP contribution < -0.4 is 5.32 Å². The Morgan fingerprint density at radius 2 is 1.70 bits per heavy atom. The standard InChI is InChI=1S/C26H28Cl2FN3O/c1-26(2,3)19-8-5-18(6-9-19)16-32(12-11-17-7-10-22(27)23(28)13-17)25(33)21-14-20(29)15-31-24(21)30-4/h5-10,13-15H,11-12,16H2,1-4H3,(H,30,31). The number of aromatic nitrogens is 1. The van der Waals surface area contributed by atoms with E-state index in [1.807, 2.05) is 18.2 Å². The number of carbonyl (C=O) groups is 1. The van der Waals surface area contributed by atoms with Crippen LogP contribution in [-0.4, -0.2) is 29.4 Å². The summed E-state index contributed by atoms with van der Waals surface area (Å²) in [6, 6.07) is 14.9. The van der Waals surface area contributed by atoms with Crippen LogP contribution in [0.5, 0.6) is 0 Å². The number of nitrogens with zero attached hydrogens (tertiary/aromatic N) is 2. The predicted octanol–water partition coefficient (Wildman–Crippen LogP) is 6.75. The highest BCUT2D eigenvalue weighted by Crippen LogP contribution is 2.25. The SMILES string of the molecule is CNc1ncc(F)cc1C(=O)N(CCc1ccc(Cl)c(Cl)c1)Cc1ccc(C(C)(C)C)cc1. The molecular weight excluding hydrogens is 460 g/mol. The summed E-state index contributed by atoms with van der Waals surface area (Å²) in [6.07, 6.45) is 1.66. The Bertz CT molecular complexity index is 1130.